The van der Waals surface area contributed by atoms with E-state index in [9.17, 15) is 30.0 Å². The minimum absolute atomic E-state index is 0.233. The van der Waals surface area contributed by atoms with Crippen molar-refractivity contribution in [1.82, 2.24) is 0 Å². The number of aliphatic hydroxyl groups excluding tert-OH is 3. The van der Waals surface area contributed by atoms with E-state index in [1.54, 1.807) is 6.07 Å². The smallest absolute Gasteiger partial charge is 0.335 e. The van der Waals surface area contributed by atoms with Gasteiger partial charge in [-0.25, -0.2) is 4.79 Å². The number of ketones is 1. The van der Waals surface area contributed by atoms with Crippen molar-refractivity contribution >= 4 is 11.8 Å². The summed E-state index contributed by atoms with van der Waals surface area (Å²) in [5.41, 5.74) is 3.42. The summed E-state index contributed by atoms with van der Waals surface area (Å²) in [5.74, 6) is -0.0931. The molecule has 3 aliphatic carbocycles. The lowest BCUT2D eigenvalue weighted by atomic mass is 9.60. The van der Waals surface area contributed by atoms with Crippen LogP contribution in [0.15, 0.2) is 29.8 Å². The van der Waals surface area contributed by atoms with Crippen LogP contribution in [-0.4, -0.2) is 62.9 Å². The minimum atomic E-state index is -1.76. The average Bonchev–Trinajstić information content (AvgIpc) is 3.08. The van der Waals surface area contributed by atoms with Gasteiger partial charge in [0.05, 0.1) is 0 Å². The van der Waals surface area contributed by atoms with Crippen molar-refractivity contribution in [2.75, 3.05) is 0 Å². The summed E-state index contributed by atoms with van der Waals surface area (Å²) in [6.07, 6.45) is -1.86. The van der Waals surface area contributed by atoms with Crippen molar-refractivity contribution in [3.63, 3.8) is 0 Å². The van der Waals surface area contributed by atoms with E-state index in [4.69, 9.17) is 9.47 Å². The monoisotopic (exact) mass is 444 g/mol. The molecule has 1 aromatic rings. The average molecular weight is 444 g/mol. The van der Waals surface area contributed by atoms with Gasteiger partial charge in [0.2, 0.25) is 6.29 Å². The number of Topliss-reactive ketones (excluding diaryl/α,β-unsaturated/α-hetero) is 1. The van der Waals surface area contributed by atoms with E-state index >= 15 is 0 Å². The van der Waals surface area contributed by atoms with Crippen LogP contribution in [0, 0.1) is 11.3 Å². The molecule has 0 amide bonds. The van der Waals surface area contributed by atoms with Crippen LogP contribution in [0.3, 0.4) is 0 Å². The van der Waals surface area contributed by atoms with E-state index in [0.29, 0.717) is 30.3 Å². The van der Waals surface area contributed by atoms with Gasteiger partial charge in [-0.1, -0.05) is 24.6 Å². The summed E-state index contributed by atoms with van der Waals surface area (Å²) in [4.78, 5) is 23.8. The number of aliphatic hydroxyl groups is 3. The van der Waals surface area contributed by atoms with E-state index < -0.39 is 36.7 Å². The zero-order valence-electron chi connectivity index (χ0n) is 17.8. The maximum atomic E-state index is 12.5. The molecule has 8 nitrogen and oxygen atoms in total. The highest BCUT2D eigenvalue weighted by atomic mass is 16.7. The summed E-state index contributed by atoms with van der Waals surface area (Å²) in [6.45, 7) is 2.11. The largest absolute Gasteiger partial charge is 0.479 e. The van der Waals surface area contributed by atoms with Crippen LogP contribution in [0.25, 0.3) is 0 Å². The molecule has 1 aromatic carbocycles. The fraction of sp³-hybridized carbons (Fsp3) is 0.583. The SMILES string of the molecule is C[C@]12CC[C@@H]3C(=CCc4cc(O[C@@H]5O[C@H](C(=O)O)[C@@H](O)[C@@H](O)[C@@H]5O)ccc43)[C@H]1CCC2=O. The molecular weight excluding hydrogens is 416 g/mol. The van der Waals surface area contributed by atoms with E-state index in [1.807, 2.05) is 12.1 Å². The van der Waals surface area contributed by atoms with Gasteiger partial charge in [0.25, 0.3) is 0 Å². The van der Waals surface area contributed by atoms with E-state index in [0.717, 1.165) is 24.8 Å². The highest BCUT2D eigenvalue weighted by Crippen LogP contribution is 2.58. The van der Waals surface area contributed by atoms with Gasteiger partial charge in [-0.2, -0.15) is 0 Å². The van der Waals surface area contributed by atoms with Crippen molar-refractivity contribution in [2.45, 2.75) is 75.7 Å². The number of hydrogen-bond donors (Lipinski definition) is 4. The van der Waals surface area contributed by atoms with Crippen molar-refractivity contribution < 1.29 is 39.5 Å². The van der Waals surface area contributed by atoms with E-state index in [2.05, 4.69) is 13.0 Å². The highest BCUT2D eigenvalue weighted by Gasteiger charge is 2.52. The van der Waals surface area contributed by atoms with Crippen LogP contribution < -0.4 is 4.74 Å². The van der Waals surface area contributed by atoms with Crippen LogP contribution >= 0.6 is 0 Å². The summed E-state index contributed by atoms with van der Waals surface area (Å²) in [5, 5.41) is 39.2. The molecule has 3 fully saturated rings. The lowest BCUT2D eigenvalue weighted by Gasteiger charge is -2.43. The fourth-order valence-corrected chi connectivity index (χ4v) is 6.08. The Bertz CT molecular complexity index is 986. The number of carbonyl (C=O) groups is 2. The molecule has 1 saturated heterocycles. The lowest BCUT2D eigenvalue weighted by molar-refractivity contribution is -0.271. The number of rotatable bonds is 3. The third-order valence-corrected chi connectivity index (χ3v) is 7.94. The first-order chi connectivity index (χ1) is 15.2. The Kier molecular flexibility index (Phi) is 5.16. The van der Waals surface area contributed by atoms with E-state index in [1.165, 1.54) is 11.1 Å². The molecule has 0 bridgehead atoms. The Hall–Kier alpha value is -2.26. The molecule has 8 heteroatoms. The maximum absolute atomic E-state index is 12.5. The predicted molar refractivity (Wildman–Crippen MR) is 111 cm³/mol. The number of ether oxygens (including phenoxy) is 2. The first kappa shape index (κ1) is 21.6. The van der Waals surface area contributed by atoms with Crippen molar-refractivity contribution in [1.29, 1.82) is 0 Å². The quantitative estimate of drug-likeness (QED) is 0.513. The van der Waals surface area contributed by atoms with Crippen LogP contribution in [-0.2, 0) is 20.7 Å². The molecule has 32 heavy (non-hydrogen) atoms. The summed E-state index contributed by atoms with van der Waals surface area (Å²) >= 11 is 0. The Labute approximate surface area is 185 Å². The molecule has 1 heterocycles. The Morgan fingerprint density at radius 3 is 2.69 bits per heavy atom. The topological polar surface area (TPSA) is 134 Å². The number of carboxylic acid groups (broad SMARTS) is 1. The number of aliphatic carboxylic acids is 1. The third-order valence-electron chi connectivity index (χ3n) is 7.94. The van der Waals surface area contributed by atoms with Crippen LogP contribution in [0.4, 0.5) is 0 Å². The van der Waals surface area contributed by atoms with Crippen LogP contribution in [0.1, 0.15) is 49.7 Å². The summed E-state index contributed by atoms with van der Waals surface area (Å²) in [6, 6.07) is 5.58. The number of allylic oxidation sites excluding steroid dienone is 2. The van der Waals surface area contributed by atoms with Crippen LogP contribution in [0.2, 0.25) is 0 Å². The second-order valence-electron chi connectivity index (χ2n) is 9.64. The second kappa shape index (κ2) is 7.66. The Morgan fingerprint density at radius 2 is 1.94 bits per heavy atom. The molecule has 0 spiro atoms. The standard InChI is InChI=1S/C24H28O8/c1-24-9-8-14-13-5-3-12(10-11(13)2-4-15(14)16(24)6-7-17(24)25)31-23-20(28)18(26)19(27)21(32-23)22(29)30/h3-5,10,14,16,18-21,23,26-28H,2,6-9H2,1H3,(H,29,30)/t14-,16+,18+,19-,20-,21-,23+,24-/m0/s1. The Morgan fingerprint density at radius 1 is 1.16 bits per heavy atom. The Balaban J connectivity index is 1.36. The maximum Gasteiger partial charge on any atom is 0.335 e. The summed E-state index contributed by atoms with van der Waals surface area (Å²) < 4.78 is 10.9. The molecule has 0 unspecified atom stereocenters. The van der Waals surface area contributed by atoms with E-state index in [-0.39, 0.29) is 11.3 Å². The normalized spacial score (nSPS) is 40.7. The highest BCUT2D eigenvalue weighted by molar-refractivity contribution is 5.88. The molecule has 0 radical (unpaired) electrons. The first-order valence-electron chi connectivity index (χ1n) is 11.2. The van der Waals surface area contributed by atoms with Gasteiger partial charge in [-0.05, 0) is 54.9 Å². The number of carbonyl (C=O) groups excluding carboxylic acids is 1. The lowest BCUT2D eigenvalue weighted by Crippen LogP contribution is -2.61. The van der Waals surface area contributed by atoms with Gasteiger partial charge in [0.15, 0.2) is 6.10 Å². The van der Waals surface area contributed by atoms with Gasteiger partial charge in [-0.15, -0.1) is 0 Å². The molecule has 8 atom stereocenters. The number of carboxylic acids is 1. The fourth-order valence-electron chi connectivity index (χ4n) is 6.08. The van der Waals surface area contributed by atoms with Crippen LogP contribution in [0.5, 0.6) is 5.75 Å². The molecule has 1 aliphatic heterocycles. The van der Waals surface area contributed by atoms with Gasteiger partial charge in [0.1, 0.15) is 29.8 Å². The third kappa shape index (κ3) is 3.20. The summed E-state index contributed by atoms with van der Waals surface area (Å²) in [7, 11) is 0. The minimum Gasteiger partial charge on any atom is -0.479 e. The molecular formula is C24H28O8. The van der Waals surface area contributed by atoms with Crippen molar-refractivity contribution in [2.24, 2.45) is 11.3 Å². The van der Waals surface area contributed by atoms with Crippen molar-refractivity contribution in [3.8, 4) is 5.75 Å². The second-order valence-corrected chi connectivity index (χ2v) is 9.64. The molecule has 172 valence electrons. The van der Waals surface area contributed by atoms with Gasteiger partial charge >= 0.3 is 5.97 Å². The zero-order valence-corrected chi connectivity index (χ0v) is 17.8. The number of fused-ring (bicyclic) bond motifs is 5. The molecule has 2 saturated carbocycles. The number of benzene rings is 1. The van der Waals surface area contributed by atoms with Gasteiger partial charge < -0.3 is 29.9 Å². The molecule has 5 rings (SSSR count). The first-order valence-corrected chi connectivity index (χ1v) is 11.2. The van der Waals surface area contributed by atoms with Gasteiger partial charge in [0, 0.05) is 17.8 Å². The zero-order chi connectivity index (χ0) is 22.8. The number of hydrogen-bond acceptors (Lipinski definition) is 7. The predicted octanol–water partition coefficient (Wildman–Crippen LogP) is 1.30. The molecule has 4 N–H and O–H groups in total. The van der Waals surface area contributed by atoms with Crippen molar-refractivity contribution in [3.05, 3.63) is 41.0 Å². The van der Waals surface area contributed by atoms with Gasteiger partial charge in [-0.3, -0.25) is 4.79 Å². The molecule has 4 aliphatic rings. The molecule has 0 aromatic heterocycles.